The van der Waals surface area contributed by atoms with Crippen molar-refractivity contribution in [1.82, 2.24) is 9.97 Å². The lowest BCUT2D eigenvalue weighted by Gasteiger charge is -2.16. The maximum Gasteiger partial charge on any atom is 0.229 e. The predicted molar refractivity (Wildman–Crippen MR) is 125 cm³/mol. The molecule has 0 radical (unpaired) electrons. The van der Waals surface area contributed by atoms with E-state index in [1.165, 1.54) is 6.20 Å². The molecule has 4 N–H and O–H groups in total. The zero-order valence-electron chi connectivity index (χ0n) is 17.1. The number of rotatable bonds is 8. The normalized spacial score (nSPS) is 11.2. The molecule has 0 unspecified atom stereocenters. The number of nitrogens with zero attached hydrogens (tertiary/aromatic N) is 2. The highest BCUT2D eigenvalue weighted by Crippen LogP contribution is 2.38. The molecule has 0 spiro atoms. The molecule has 0 saturated carbocycles. The third-order valence-corrected chi connectivity index (χ3v) is 6.25. The molecule has 0 fully saturated rings. The molecule has 3 rings (SSSR count). The molecule has 3 aromatic rings. The minimum Gasteiger partial charge on any atom is -0.495 e. The summed E-state index contributed by atoms with van der Waals surface area (Å²) in [4.78, 5) is 8.75. The van der Waals surface area contributed by atoms with Crippen LogP contribution >= 0.6 is 18.7 Å². The minimum atomic E-state index is -2.49. The number of methoxy groups -OCH3 is 1. The third kappa shape index (κ3) is 5.30. The van der Waals surface area contributed by atoms with Crippen molar-refractivity contribution in [3.8, 4) is 5.75 Å². The molecule has 9 heteroatoms. The molecule has 0 amide bonds. The number of para-hydroxylation sites is 1. The predicted octanol–water partition coefficient (Wildman–Crippen LogP) is 4.38. The summed E-state index contributed by atoms with van der Waals surface area (Å²) < 4.78 is 18.1. The second-order valence-electron chi connectivity index (χ2n) is 7.08. The van der Waals surface area contributed by atoms with Crippen molar-refractivity contribution in [2.75, 3.05) is 37.6 Å². The van der Waals surface area contributed by atoms with Gasteiger partial charge in [0.2, 0.25) is 5.95 Å². The summed E-state index contributed by atoms with van der Waals surface area (Å²) in [5.41, 5.74) is 8.13. The van der Waals surface area contributed by atoms with Crippen LogP contribution in [0.2, 0.25) is 5.02 Å². The number of aromatic nitrogens is 2. The van der Waals surface area contributed by atoms with Crippen molar-refractivity contribution in [1.29, 1.82) is 0 Å². The lowest BCUT2D eigenvalue weighted by Crippen LogP contribution is -2.11. The molecule has 30 heavy (non-hydrogen) atoms. The van der Waals surface area contributed by atoms with E-state index in [2.05, 4.69) is 20.6 Å². The van der Waals surface area contributed by atoms with Crippen LogP contribution in [0.5, 0.6) is 5.75 Å². The van der Waals surface area contributed by atoms with Gasteiger partial charge in [0.05, 0.1) is 24.7 Å². The van der Waals surface area contributed by atoms with E-state index in [1.54, 1.807) is 20.4 Å². The summed E-state index contributed by atoms with van der Waals surface area (Å²) >= 11 is 6.31. The van der Waals surface area contributed by atoms with Gasteiger partial charge in [-0.05, 0) is 56.1 Å². The highest BCUT2D eigenvalue weighted by molar-refractivity contribution is 7.70. The third-order valence-electron chi connectivity index (χ3n) is 4.43. The first-order valence-corrected chi connectivity index (χ1v) is 12.4. The number of nitrogens with two attached hydrogens (primary N) is 1. The summed E-state index contributed by atoms with van der Waals surface area (Å²) in [6.45, 7) is 4.01. The van der Waals surface area contributed by atoms with Gasteiger partial charge in [-0.15, -0.1) is 0 Å². The van der Waals surface area contributed by atoms with Crippen LogP contribution in [0, 0.1) is 0 Å². The zero-order chi connectivity index (χ0) is 21.7. The number of benzene rings is 2. The van der Waals surface area contributed by atoms with Gasteiger partial charge in [-0.2, -0.15) is 4.98 Å². The number of anilines is 4. The van der Waals surface area contributed by atoms with Crippen LogP contribution in [-0.2, 0) is 11.0 Å². The number of halogens is 1. The van der Waals surface area contributed by atoms with Crippen LogP contribution in [0.15, 0.2) is 48.7 Å². The van der Waals surface area contributed by atoms with E-state index in [9.17, 15) is 4.57 Å². The smallest absolute Gasteiger partial charge is 0.229 e. The zero-order valence-corrected chi connectivity index (χ0v) is 18.8. The molecule has 0 aliphatic carbocycles. The van der Waals surface area contributed by atoms with Crippen molar-refractivity contribution in [2.45, 2.75) is 6.42 Å². The fraction of sp³-hybridized carbons (Fsp3) is 0.238. The van der Waals surface area contributed by atoms with Gasteiger partial charge in [0, 0.05) is 5.30 Å². The Morgan fingerprint density at radius 3 is 2.60 bits per heavy atom. The first kappa shape index (κ1) is 22.1. The van der Waals surface area contributed by atoms with Crippen molar-refractivity contribution < 1.29 is 9.30 Å². The molecule has 1 heterocycles. The Morgan fingerprint density at radius 1 is 1.13 bits per heavy atom. The van der Waals surface area contributed by atoms with Gasteiger partial charge < -0.3 is 25.7 Å². The maximum absolute atomic E-state index is 12.6. The van der Waals surface area contributed by atoms with E-state index < -0.39 is 7.14 Å². The summed E-state index contributed by atoms with van der Waals surface area (Å²) in [5, 5.41) is 7.42. The van der Waals surface area contributed by atoms with E-state index in [1.807, 2.05) is 42.5 Å². The standard InChI is InChI=1S/C21H25ClN5O2P/c1-29-18-12-14(10-11-23)8-9-16(18)26-21-24-13-15(22)20(27-21)25-17-6-4-5-7-19(17)30(2,3)28/h4-9,12-13H,10-11,23H2,1-3H3,(H2,24,25,26,27). The van der Waals surface area contributed by atoms with Crippen LogP contribution in [0.25, 0.3) is 0 Å². The Hall–Kier alpha value is -2.60. The first-order valence-electron chi connectivity index (χ1n) is 9.40. The quantitative estimate of drug-likeness (QED) is 0.442. The maximum atomic E-state index is 12.6. The Kier molecular flexibility index (Phi) is 6.98. The Balaban J connectivity index is 1.89. The molecule has 0 aliphatic rings. The van der Waals surface area contributed by atoms with Gasteiger partial charge in [-0.3, -0.25) is 0 Å². The average molecular weight is 446 g/mol. The molecular weight excluding hydrogens is 421 g/mol. The molecule has 0 aliphatic heterocycles. The summed E-state index contributed by atoms with van der Waals surface area (Å²) in [6, 6.07) is 13.2. The topological polar surface area (TPSA) is 102 Å². The number of ether oxygens (including phenoxy) is 1. The fourth-order valence-corrected chi connectivity index (χ4v) is 4.27. The highest BCUT2D eigenvalue weighted by atomic mass is 35.5. The van der Waals surface area contributed by atoms with Crippen molar-refractivity contribution >= 4 is 47.2 Å². The Labute approximate surface area is 181 Å². The van der Waals surface area contributed by atoms with Gasteiger partial charge in [-0.25, -0.2) is 4.98 Å². The lowest BCUT2D eigenvalue weighted by atomic mass is 10.1. The van der Waals surface area contributed by atoms with E-state index in [0.717, 1.165) is 23.0 Å². The molecule has 158 valence electrons. The number of nitrogens with one attached hydrogen (secondary N) is 2. The molecule has 0 saturated heterocycles. The largest absolute Gasteiger partial charge is 0.495 e. The summed E-state index contributed by atoms with van der Waals surface area (Å²) in [6.07, 6.45) is 2.27. The van der Waals surface area contributed by atoms with Crippen LogP contribution in [0.3, 0.4) is 0 Å². The monoisotopic (exact) mass is 445 g/mol. The fourth-order valence-electron chi connectivity index (χ4n) is 2.97. The van der Waals surface area contributed by atoms with Crippen LogP contribution < -0.4 is 26.4 Å². The lowest BCUT2D eigenvalue weighted by molar-refractivity contribution is 0.416. The van der Waals surface area contributed by atoms with Crippen molar-refractivity contribution in [3.05, 3.63) is 59.2 Å². The van der Waals surface area contributed by atoms with Gasteiger partial charge in [0.1, 0.15) is 17.9 Å². The van der Waals surface area contributed by atoms with Crippen molar-refractivity contribution in [3.63, 3.8) is 0 Å². The van der Waals surface area contributed by atoms with Gasteiger partial charge in [-0.1, -0.05) is 29.8 Å². The molecule has 0 atom stereocenters. The molecule has 7 nitrogen and oxygen atoms in total. The SMILES string of the molecule is COc1cc(CCN)ccc1Nc1ncc(Cl)c(Nc2ccccc2P(C)(C)=O)n1. The van der Waals surface area contributed by atoms with E-state index in [4.69, 9.17) is 22.1 Å². The average Bonchev–Trinajstić information content (AvgIpc) is 2.71. The second kappa shape index (κ2) is 9.47. The number of hydrogen-bond donors (Lipinski definition) is 3. The van der Waals surface area contributed by atoms with E-state index >= 15 is 0 Å². The van der Waals surface area contributed by atoms with Gasteiger partial charge in [0.25, 0.3) is 0 Å². The van der Waals surface area contributed by atoms with Crippen LogP contribution in [-0.4, -0.2) is 37.0 Å². The van der Waals surface area contributed by atoms with Crippen molar-refractivity contribution in [2.24, 2.45) is 5.73 Å². The minimum absolute atomic E-state index is 0.348. The summed E-state index contributed by atoms with van der Waals surface area (Å²) in [7, 11) is -0.881. The molecule has 0 bridgehead atoms. The molecular formula is C21H25ClN5O2P. The van der Waals surface area contributed by atoms with Gasteiger partial charge >= 0.3 is 0 Å². The van der Waals surface area contributed by atoms with E-state index in [0.29, 0.717) is 34.8 Å². The van der Waals surface area contributed by atoms with Crippen LogP contribution in [0.4, 0.5) is 23.1 Å². The molecule has 2 aromatic carbocycles. The van der Waals surface area contributed by atoms with E-state index in [-0.39, 0.29) is 0 Å². The first-order chi connectivity index (χ1) is 14.3. The van der Waals surface area contributed by atoms with Crippen LogP contribution in [0.1, 0.15) is 5.56 Å². The molecule has 1 aromatic heterocycles. The number of hydrogen-bond acceptors (Lipinski definition) is 7. The second-order valence-corrected chi connectivity index (χ2v) is 10.7. The highest BCUT2D eigenvalue weighted by Gasteiger charge is 2.17. The Morgan fingerprint density at radius 2 is 1.90 bits per heavy atom. The Bertz CT molecular complexity index is 1090. The van der Waals surface area contributed by atoms with Gasteiger partial charge in [0.15, 0.2) is 5.82 Å². The summed E-state index contributed by atoms with van der Waals surface area (Å²) in [5.74, 6) is 1.42.